The van der Waals surface area contributed by atoms with Gasteiger partial charge < -0.3 is 19.1 Å². The lowest BCUT2D eigenvalue weighted by Crippen LogP contribution is -2.48. The standard InChI is InChI=1S/C24H33N5O4/c1-18-9-11-28(12-10-18)23(30)8-7-22-25-21(26-33-22)17-27-13-15-29(16-14-27)24(31)19-3-5-20(32-2)6-4-19/h3-6,18H,7-17H2,1-2H3. The summed E-state index contributed by atoms with van der Waals surface area (Å²) < 4.78 is 10.5. The summed E-state index contributed by atoms with van der Waals surface area (Å²) >= 11 is 0. The van der Waals surface area contributed by atoms with Crippen LogP contribution in [0.3, 0.4) is 0 Å². The zero-order valence-corrected chi connectivity index (χ0v) is 19.5. The Kier molecular flexibility index (Phi) is 7.59. The fourth-order valence-corrected chi connectivity index (χ4v) is 4.31. The summed E-state index contributed by atoms with van der Waals surface area (Å²) in [7, 11) is 1.61. The van der Waals surface area contributed by atoms with Crippen LogP contribution in [-0.2, 0) is 17.8 Å². The van der Waals surface area contributed by atoms with Gasteiger partial charge in [0.15, 0.2) is 5.82 Å². The largest absolute Gasteiger partial charge is 0.497 e. The lowest BCUT2D eigenvalue weighted by atomic mass is 9.99. The second-order valence-corrected chi connectivity index (χ2v) is 8.96. The molecule has 0 atom stereocenters. The predicted molar refractivity (Wildman–Crippen MR) is 122 cm³/mol. The Morgan fingerprint density at radius 1 is 1.03 bits per heavy atom. The number of piperazine rings is 1. The lowest BCUT2D eigenvalue weighted by molar-refractivity contribution is -0.132. The molecule has 33 heavy (non-hydrogen) atoms. The minimum atomic E-state index is 0.0342. The number of hydrogen-bond acceptors (Lipinski definition) is 7. The van der Waals surface area contributed by atoms with Crippen LogP contribution >= 0.6 is 0 Å². The summed E-state index contributed by atoms with van der Waals surface area (Å²) in [6.45, 7) is 7.31. The zero-order chi connectivity index (χ0) is 23.2. The normalized spacial score (nSPS) is 17.9. The van der Waals surface area contributed by atoms with Gasteiger partial charge in [-0.1, -0.05) is 12.1 Å². The number of carbonyl (C=O) groups is 2. The number of ether oxygens (including phenoxy) is 1. The van der Waals surface area contributed by atoms with Crippen molar-refractivity contribution in [2.45, 2.75) is 39.2 Å². The van der Waals surface area contributed by atoms with Crippen LogP contribution in [0.4, 0.5) is 0 Å². The number of likely N-dealkylation sites (tertiary alicyclic amines) is 1. The van der Waals surface area contributed by atoms with E-state index in [0.717, 1.165) is 44.8 Å². The summed E-state index contributed by atoms with van der Waals surface area (Å²) in [4.78, 5) is 35.6. The van der Waals surface area contributed by atoms with Crippen LogP contribution in [0.1, 0.15) is 48.3 Å². The van der Waals surface area contributed by atoms with E-state index < -0.39 is 0 Å². The van der Waals surface area contributed by atoms with E-state index in [-0.39, 0.29) is 11.8 Å². The molecule has 9 heteroatoms. The molecule has 2 fully saturated rings. The number of benzene rings is 1. The summed E-state index contributed by atoms with van der Waals surface area (Å²) in [5.74, 6) is 2.78. The van der Waals surface area contributed by atoms with E-state index in [1.54, 1.807) is 31.4 Å². The monoisotopic (exact) mass is 455 g/mol. The molecule has 3 heterocycles. The van der Waals surface area contributed by atoms with Crippen LogP contribution in [0.2, 0.25) is 0 Å². The van der Waals surface area contributed by atoms with Gasteiger partial charge in [0, 0.05) is 57.7 Å². The minimum absolute atomic E-state index is 0.0342. The van der Waals surface area contributed by atoms with E-state index in [0.29, 0.717) is 55.7 Å². The van der Waals surface area contributed by atoms with Gasteiger partial charge >= 0.3 is 0 Å². The highest BCUT2D eigenvalue weighted by molar-refractivity contribution is 5.94. The van der Waals surface area contributed by atoms with E-state index in [2.05, 4.69) is 22.0 Å². The third kappa shape index (κ3) is 6.10. The molecular formula is C24H33N5O4. The molecule has 2 amide bonds. The van der Waals surface area contributed by atoms with Gasteiger partial charge in [-0.05, 0) is 43.0 Å². The molecule has 2 aromatic rings. The first-order valence-corrected chi connectivity index (χ1v) is 11.8. The van der Waals surface area contributed by atoms with Gasteiger partial charge in [-0.2, -0.15) is 4.98 Å². The third-order valence-electron chi connectivity index (χ3n) is 6.56. The maximum absolute atomic E-state index is 12.7. The van der Waals surface area contributed by atoms with Crippen molar-refractivity contribution >= 4 is 11.8 Å². The van der Waals surface area contributed by atoms with Crippen LogP contribution in [0.5, 0.6) is 5.75 Å². The van der Waals surface area contributed by atoms with Crippen LogP contribution in [0.25, 0.3) is 0 Å². The summed E-state index contributed by atoms with van der Waals surface area (Å²) in [5, 5.41) is 4.08. The highest BCUT2D eigenvalue weighted by Crippen LogP contribution is 2.18. The molecule has 2 aliphatic rings. The number of nitrogens with zero attached hydrogens (tertiary/aromatic N) is 5. The van der Waals surface area contributed by atoms with Gasteiger partial charge in [-0.25, -0.2) is 0 Å². The van der Waals surface area contributed by atoms with E-state index in [9.17, 15) is 9.59 Å². The Labute approximate surface area is 194 Å². The van der Waals surface area contributed by atoms with Gasteiger partial charge in [0.1, 0.15) is 5.75 Å². The van der Waals surface area contributed by atoms with Crippen LogP contribution in [0, 0.1) is 5.92 Å². The van der Waals surface area contributed by atoms with Crippen molar-refractivity contribution in [2.75, 3.05) is 46.4 Å². The van der Waals surface area contributed by atoms with Gasteiger partial charge in [0.2, 0.25) is 11.8 Å². The van der Waals surface area contributed by atoms with Crippen molar-refractivity contribution in [3.8, 4) is 5.75 Å². The SMILES string of the molecule is COc1ccc(C(=O)N2CCN(Cc3noc(CCC(=O)N4CCC(C)CC4)n3)CC2)cc1. The van der Waals surface area contributed by atoms with Gasteiger partial charge in [-0.3, -0.25) is 14.5 Å². The number of amides is 2. The van der Waals surface area contributed by atoms with E-state index >= 15 is 0 Å². The van der Waals surface area contributed by atoms with Gasteiger partial charge in [-0.15, -0.1) is 0 Å². The summed E-state index contributed by atoms with van der Waals surface area (Å²) in [6.07, 6.45) is 3.04. The highest BCUT2D eigenvalue weighted by Gasteiger charge is 2.24. The third-order valence-corrected chi connectivity index (χ3v) is 6.56. The van der Waals surface area contributed by atoms with E-state index in [4.69, 9.17) is 9.26 Å². The van der Waals surface area contributed by atoms with Crippen molar-refractivity contribution in [3.63, 3.8) is 0 Å². The molecule has 0 bridgehead atoms. The molecule has 2 saturated heterocycles. The molecule has 0 N–H and O–H groups in total. The lowest BCUT2D eigenvalue weighted by Gasteiger charge is -2.34. The van der Waals surface area contributed by atoms with Crippen LogP contribution < -0.4 is 4.74 Å². The van der Waals surface area contributed by atoms with Crippen molar-refractivity contribution in [1.82, 2.24) is 24.8 Å². The van der Waals surface area contributed by atoms with Crippen molar-refractivity contribution in [3.05, 3.63) is 41.5 Å². The molecule has 0 unspecified atom stereocenters. The molecule has 1 aromatic carbocycles. The molecule has 2 aliphatic heterocycles. The molecule has 9 nitrogen and oxygen atoms in total. The molecule has 0 radical (unpaired) electrons. The fourth-order valence-electron chi connectivity index (χ4n) is 4.31. The van der Waals surface area contributed by atoms with Crippen molar-refractivity contribution in [1.29, 1.82) is 0 Å². The average Bonchev–Trinajstić information content (AvgIpc) is 3.30. The first-order valence-electron chi connectivity index (χ1n) is 11.8. The zero-order valence-electron chi connectivity index (χ0n) is 19.5. The molecule has 4 rings (SSSR count). The van der Waals surface area contributed by atoms with Crippen LogP contribution in [0.15, 0.2) is 28.8 Å². The quantitative estimate of drug-likeness (QED) is 0.632. The Morgan fingerprint density at radius 3 is 2.39 bits per heavy atom. The summed E-state index contributed by atoms with van der Waals surface area (Å²) in [6, 6.07) is 7.20. The topological polar surface area (TPSA) is 92.0 Å². The van der Waals surface area contributed by atoms with E-state index in [1.807, 2.05) is 9.80 Å². The molecule has 178 valence electrons. The summed E-state index contributed by atoms with van der Waals surface area (Å²) in [5.41, 5.74) is 0.667. The van der Waals surface area contributed by atoms with Gasteiger partial charge in [0.05, 0.1) is 13.7 Å². The Hall–Kier alpha value is -2.94. The predicted octanol–water partition coefficient (Wildman–Crippen LogP) is 2.23. The molecule has 0 aliphatic carbocycles. The Balaban J connectivity index is 1.20. The number of aryl methyl sites for hydroxylation is 1. The molecule has 0 saturated carbocycles. The number of carbonyl (C=O) groups excluding carboxylic acids is 2. The van der Waals surface area contributed by atoms with Crippen molar-refractivity contribution < 1.29 is 18.8 Å². The Bertz CT molecular complexity index is 929. The first kappa shape index (κ1) is 23.2. The maximum Gasteiger partial charge on any atom is 0.253 e. The maximum atomic E-state index is 12.7. The number of hydrogen-bond donors (Lipinski definition) is 0. The fraction of sp³-hybridized carbons (Fsp3) is 0.583. The first-order chi connectivity index (χ1) is 16.0. The highest BCUT2D eigenvalue weighted by atomic mass is 16.5. The Morgan fingerprint density at radius 2 is 1.73 bits per heavy atom. The minimum Gasteiger partial charge on any atom is -0.497 e. The second-order valence-electron chi connectivity index (χ2n) is 8.96. The number of piperidine rings is 1. The van der Waals surface area contributed by atoms with E-state index in [1.165, 1.54) is 0 Å². The second kappa shape index (κ2) is 10.8. The molecular weight excluding hydrogens is 422 g/mol. The number of aromatic nitrogens is 2. The smallest absolute Gasteiger partial charge is 0.253 e. The molecule has 0 spiro atoms. The molecule has 1 aromatic heterocycles. The van der Waals surface area contributed by atoms with Crippen molar-refractivity contribution in [2.24, 2.45) is 5.92 Å². The number of methoxy groups -OCH3 is 1. The number of rotatable bonds is 7. The van der Waals surface area contributed by atoms with Crippen LogP contribution in [-0.4, -0.2) is 83.0 Å². The van der Waals surface area contributed by atoms with Gasteiger partial charge in [0.25, 0.3) is 5.91 Å². The average molecular weight is 456 g/mol.